The van der Waals surface area contributed by atoms with Crippen LogP contribution in [0.5, 0.6) is 0 Å². The predicted octanol–water partition coefficient (Wildman–Crippen LogP) is 3.20. The maximum atomic E-state index is 13.4. The topological polar surface area (TPSA) is 102 Å². The number of piperidine rings is 1. The molecule has 13 heteroatoms. The zero-order valence-corrected chi connectivity index (χ0v) is 26.7. The van der Waals surface area contributed by atoms with Gasteiger partial charge in [-0.3, -0.25) is 19.4 Å². The van der Waals surface area contributed by atoms with E-state index in [1.54, 1.807) is 7.11 Å². The van der Waals surface area contributed by atoms with Crippen molar-refractivity contribution in [2.24, 2.45) is 5.92 Å². The van der Waals surface area contributed by atoms with Gasteiger partial charge in [-0.05, 0) is 62.4 Å². The second kappa shape index (κ2) is 18.4. The maximum absolute atomic E-state index is 13.4. The van der Waals surface area contributed by atoms with Gasteiger partial charge in [0.25, 0.3) is 0 Å². The molecular formula is C25H38Cl2N4O4S2Tc+3. The number of nitrogens with zero attached hydrogens (tertiary/aromatic N) is 2. The Balaban J connectivity index is 0.00000361. The van der Waals surface area contributed by atoms with E-state index in [9.17, 15) is 9.59 Å². The first-order valence-electron chi connectivity index (χ1n) is 12.6. The first-order chi connectivity index (χ1) is 17.4. The molecule has 3 rings (SSSR count). The van der Waals surface area contributed by atoms with Gasteiger partial charge in [-0.15, -0.1) is 0 Å². The number of hydrogen-bond acceptors (Lipinski definition) is 7. The van der Waals surface area contributed by atoms with Gasteiger partial charge in [0.05, 0.1) is 22.5 Å². The smallest absolute Gasteiger partial charge is 2.00 e. The summed E-state index contributed by atoms with van der Waals surface area (Å²) >= 11 is 21.0. The number of fused-ring (bicyclic) bond motifs is 2. The zero-order valence-electron chi connectivity index (χ0n) is 21.6. The number of ether oxygens (including phenoxy) is 1. The van der Waals surface area contributed by atoms with E-state index in [2.05, 4.69) is 45.7 Å². The summed E-state index contributed by atoms with van der Waals surface area (Å²) < 4.78 is 5.12. The normalized spacial score (nSPS) is 22.5. The molecule has 0 spiro atoms. The summed E-state index contributed by atoms with van der Waals surface area (Å²) in [5, 5.41) is 6.87. The average molecular weight is 692 g/mol. The number of methoxy groups -OCH3 is 1. The van der Waals surface area contributed by atoms with Crippen LogP contribution in [0.1, 0.15) is 37.2 Å². The number of hydrogen-bond donors (Lipinski definition) is 4. The van der Waals surface area contributed by atoms with Crippen LogP contribution in [0.2, 0.25) is 10.0 Å². The first-order valence-corrected chi connectivity index (χ1v) is 14.6. The Hall–Kier alpha value is -0.0706. The molecule has 2 heterocycles. The van der Waals surface area contributed by atoms with Crippen LogP contribution < -0.4 is 10.6 Å². The molecule has 4 atom stereocenters. The Morgan fingerprint density at radius 1 is 1.13 bits per heavy atom. The molecule has 0 saturated carbocycles. The molecule has 1 aromatic carbocycles. The minimum atomic E-state index is -0.198. The zero-order chi connectivity index (χ0) is 26.1. The van der Waals surface area contributed by atoms with Crippen molar-refractivity contribution in [3.8, 4) is 0 Å². The number of nitrogens with one attached hydrogen (secondary N) is 2. The summed E-state index contributed by atoms with van der Waals surface area (Å²) in [6.07, 6.45) is 3.87. The third-order valence-corrected chi connectivity index (χ3v) is 8.40. The van der Waals surface area contributed by atoms with Gasteiger partial charge in [-0.25, -0.2) is 0 Å². The predicted molar refractivity (Wildman–Crippen MR) is 153 cm³/mol. The van der Waals surface area contributed by atoms with Crippen LogP contribution in [-0.4, -0.2) is 91.8 Å². The van der Waals surface area contributed by atoms with E-state index in [4.69, 9.17) is 27.9 Å². The molecule has 0 aromatic heterocycles. The van der Waals surface area contributed by atoms with E-state index in [1.807, 2.05) is 18.2 Å². The maximum Gasteiger partial charge on any atom is 5.00 e. The summed E-state index contributed by atoms with van der Waals surface area (Å²) in [4.78, 5) is 30.2. The van der Waals surface area contributed by atoms with Crippen LogP contribution in [0.25, 0.3) is 0 Å². The molecule has 2 aliphatic rings. The fraction of sp³-hybridized carbons (Fsp3) is 0.680. The van der Waals surface area contributed by atoms with Gasteiger partial charge in [-0.2, -0.15) is 25.3 Å². The van der Waals surface area contributed by atoms with Crippen molar-refractivity contribution in [3.63, 3.8) is 0 Å². The number of thiol groups is 2. The molecule has 2 N–H and O–H groups in total. The summed E-state index contributed by atoms with van der Waals surface area (Å²) in [6.45, 7) is 3.57. The van der Waals surface area contributed by atoms with Gasteiger partial charge in [-0.1, -0.05) is 29.3 Å². The van der Waals surface area contributed by atoms with Gasteiger partial charge in [0.2, 0.25) is 11.8 Å². The first kappa shape index (κ1) is 36.0. The molecule has 2 amide bonds. The van der Waals surface area contributed by atoms with Crippen molar-refractivity contribution in [1.29, 1.82) is 0 Å². The minimum absolute atomic E-state index is 0. The quantitative estimate of drug-likeness (QED) is 0.178. The largest absolute Gasteiger partial charge is 5.00 e. The van der Waals surface area contributed by atoms with Gasteiger partial charge < -0.3 is 20.8 Å². The third kappa shape index (κ3) is 9.79. The molecule has 38 heavy (non-hydrogen) atoms. The Morgan fingerprint density at radius 3 is 2.55 bits per heavy atom. The van der Waals surface area contributed by atoms with Crippen LogP contribution >= 0.6 is 48.5 Å². The third-order valence-electron chi connectivity index (χ3n) is 7.24. The van der Waals surface area contributed by atoms with Crippen molar-refractivity contribution >= 4 is 60.3 Å². The van der Waals surface area contributed by atoms with E-state index in [1.165, 1.54) is 0 Å². The average Bonchev–Trinajstić information content (AvgIpc) is 3.13. The molecule has 1 aromatic rings. The monoisotopic (exact) mass is 689 g/mol. The Morgan fingerprint density at radius 2 is 1.89 bits per heavy atom. The molecule has 2 bridgehead atoms. The van der Waals surface area contributed by atoms with Crippen LogP contribution in [0.15, 0.2) is 18.2 Å². The fourth-order valence-electron chi connectivity index (χ4n) is 5.71. The fourth-order valence-corrected chi connectivity index (χ4v) is 6.41. The van der Waals surface area contributed by atoms with Crippen molar-refractivity contribution in [2.75, 3.05) is 58.1 Å². The molecule has 2 saturated heterocycles. The Kier molecular flexibility index (Phi) is 17.4. The number of amides is 2. The second-order valence-electron chi connectivity index (χ2n) is 9.48. The van der Waals surface area contributed by atoms with Gasteiger partial charge in [0.15, 0.2) is 0 Å². The van der Waals surface area contributed by atoms with Crippen molar-refractivity contribution < 1.29 is 39.9 Å². The molecule has 2 aliphatic heterocycles. The number of carbonyl (C=O) groups is 2. The van der Waals surface area contributed by atoms with Crippen LogP contribution in [0.3, 0.4) is 0 Å². The Labute approximate surface area is 260 Å². The van der Waals surface area contributed by atoms with Crippen LogP contribution in [0.4, 0.5) is 0 Å². The number of carbonyl (C=O) groups excluding carboxylic acids is 2. The molecule has 3 unspecified atom stereocenters. The number of halogens is 2. The van der Waals surface area contributed by atoms with E-state index in [-0.39, 0.29) is 62.0 Å². The number of benzene rings is 1. The van der Waals surface area contributed by atoms with E-state index in [0.29, 0.717) is 40.7 Å². The van der Waals surface area contributed by atoms with E-state index < -0.39 is 0 Å². The molecule has 8 nitrogen and oxygen atoms in total. The standard InChI is InChI=1S/C25H38Cl2N4O3S2.O.Tc/c1-34-16-29-25(33)24-19(17-3-5-20(26)21(27)13-17)14-18-4-6-22(24)31(18)9-2-8-30(10-12-36)15-23(32)28-7-11-35;;/h3,5,13,18-19,22,24,35-36H,2,4,6-12,14-16H2,1H3,(H,28,32)(H,29,33);;/q;-2;+5/t18?,19?,22-,24?;;/m1../s1. The van der Waals surface area contributed by atoms with Crippen molar-refractivity contribution in [2.45, 2.75) is 43.7 Å². The molecule has 0 aliphatic carbocycles. The summed E-state index contributed by atoms with van der Waals surface area (Å²) in [7, 11) is 1.57. The van der Waals surface area contributed by atoms with Crippen LogP contribution in [0, 0.1) is 5.92 Å². The Bertz CT molecular complexity index is 892. The second-order valence-corrected chi connectivity index (χ2v) is 11.2. The minimum Gasteiger partial charge on any atom is -2.00 e. The van der Waals surface area contributed by atoms with Gasteiger partial charge >= 0.3 is 20.1 Å². The molecule has 2 fully saturated rings. The summed E-state index contributed by atoms with van der Waals surface area (Å²) in [5.41, 5.74) is 1.06. The summed E-state index contributed by atoms with van der Waals surface area (Å²) in [5.74, 6) is 1.22. The van der Waals surface area contributed by atoms with Crippen molar-refractivity contribution in [3.05, 3.63) is 33.8 Å². The van der Waals surface area contributed by atoms with Gasteiger partial charge in [0, 0.05) is 43.8 Å². The molecule has 0 radical (unpaired) electrons. The van der Waals surface area contributed by atoms with Gasteiger partial charge in [0.1, 0.15) is 6.73 Å². The van der Waals surface area contributed by atoms with Crippen molar-refractivity contribution in [1.82, 2.24) is 20.4 Å². The number of rotatable bonds is 14. The van der Waals surface area contributed by atoms with Crippen LogP contribution in [-0.2, 0) is 39.9 Å². The SMILES string of the molecule is COCNC(=O)C1C(c2ccc(Cl)c(Cl)c2)CC2CC[C@H]1N2CCCN(CCS)CC(=O)NCCS.[O-2].[Tc+5]. The molecule has 212 valence electrons. The molecular weight excluding hydrogens is 653 g/mol. The summed E-state index contributed by atoms with van der Waals surface area (Å²) in [6, 6.07) is 6.29. The van der Waals surface area contributed by atoms with E-state index in [0.717, 1.165) is 50.9 Å². The van der Waals surface area contributed by atoms with E-state index >= 15 is 0 Å².